The van der Waals surface area contributed by atoms with Gasteiger partial charge in [-0.05, 0) is 29.3 Å². The van der Waals surface area contributed by atoms with Crippen LogP contribution >= 0.6 is 0 Å². The Balaban J connectivity index is 1.92. The van der Waals surface area contributed by atoms with Gasteiger partial charge in [-0.15, -0.1) is 0 Å². The van der Waals surface area contributed by atoms with Crippen molar-refractivity contribution in [2.45, 2.75) is 0 Å². The van der Waals surface area contributed by atoms with Crippen molar-refractivity contribution in [2.24, 2.45) is 0 Å². The van der Waals surface area contributed by atoms with E-state index in [9.17, 15) is 0 Å². The Labute approximate surface area is 133 Å². The number of aromatic nitrogens is 5. The van der Waals surface area contributed by atoms with Crippen LogP contribution in [0.3, 0.4) is 0 Å². The maximum absolute atomic E-state index is 4.32. The summed E-state index contributed by atoms with van der Waals surface area (Å²) in [6.07, 6.45) is 6.67. The third-order valence-electron chi connectivity index (χ3n) is 3.59. The lowest BCUT2D eigenvalue weighted by atomic mass is 10.0. The summed E-state index contributed by atoms with van der Waals surface area (Å²) < 4.78 is 1.81. The smallest absolute Gasteiger partial charge is 0.164 e. The number of hydrogen-bond donors (Lipinski definition) is 0. The Morgan fingerprint density at radius 2 is 1.61 bits per heavy atom. The van der Waals surface area contributed by atoms with Gasteiger partial charge in [-0.1, -0.05) is 36.4 Å². The molecule has 0 aliphatic rings. The average Bonchev–Trinajstić information content (AvgIpc) is 3.17. The van der Waals surface area contributed by atoms with Gasteiger partial charge in [0.05, 0.1) is 5.69 Å². The van der Waals surface area contributed by atoms with E-state index >= 15 is 0 Å². The maximum atomic E-state index is 4.32. The molecule has 2 aromatic heterocycles. The molecule has 0 bridgehead atoms. The molecular formula is C18H13N5. The fourth-order valence-corrected chi connectivity index (χ4v) is 2.51. The van der Waals surface area contributed by atoms with Crippen molar-refractivity contribution in [1.29, 1.82) is 0 Å². The second-order valence-electron chi connectivity index (χ2n) is 5.01. The third-order valence-corrected chi connectivity index (χ3v) is 3.59. The van der Waals surface area contributed by atoms with Gasteiger partial charge in [0.15, 0.2) is 5.82 Å². The van der Waals surface area contributed by atoms with Crippen LogP contribution in [0.25, 0.3) is 28.2 Å². The highest BCUT2D eigenvalue weighted by Gasteiger charge is 2.11. The lowest BCUT2D eigenvalue weighted by Gasteiger charge is -2.11. The fraction of sp³-hybridized carbons (Fsp3) is 0. The highest BCUT2D eigenvalue weighted by Crippen LogP contribution is 2.29. The Hall–Kier alpha value is -3.34. The van der Waals surface area contributed by atoms with Gasteiger partial charge >= 0.3 is 0 Å². The minimum atomic E-state index is 0.628. The molecule has 2 aromatic carbocycles. The Kier molecular flexibility index (Phi) is 3.37. The van der Waals surface area contributed by atoms with Crippen LogP contribution < -0.4 is 0 Å². The van der Waals surface area contributed by atoms with Gasteiger partial charge in [0, 0.05) is 18.0 Å². The van der Waals surface area contributed by atoms with Crippen LogP contribution in [0.5, 0.6) is 0 Å². The Morgan fingerprint density at radius 3 is 2.35 bits per heavy atom. The summed E-state index contributed by atoms with van der Waals surface area (Å²) in [5.74, 6) is 0.628. The van der Waals surface area contributed by atoms with E-state index < -0.39 is 0 Å². The highest BCUT2D eigenvalue weighted by atomic mass is 15.3. The van der Waals surface area contributed by atoms with Crippen molar-refractivity contribution in [1.82, 2.24) is 24.7 Å². The van der Waals surface area contributed by atoms with Crippen LogP contribution in [-0.2, 0) is 0 Å². The molecule has 5 nitrogen and oxygen atoms in total. The lowest BCUT2D eigenvalue weighted by molar-refractivity contribution is 0.879. The zero-order valence-corrected chi connectivity index (χ0v) is 12.2. The van der Waals surface area contributed by atoms with Gasteiger partial charge in [0.25, 0.3) is 0 Å². The zero-order chi connectivity index (χ0) is 15.5. The number of nitrogens with zero attached hydrogens (tertiary/aromatic N) is 5. The molecule has 0 saturated heterocycles. The predicted molar refractivity (Wildman–Crippen MR) is 87.8 cm³/mol. The van der Waals surface area contributed by atoms with E-state index in [1.165, 1.54) is 12.7 Å². The van der Waals surface area contributed by atoms with E-state index in [4.69, 9.17) is 0 Å². The highest BCUT2D eigenvalue weighted by molar-refractivity contribution is 5.76. The number of hydrogen-bond acceptors (Lipinski definition) is 4. The molecule has 5 heteroatoms. The summed E-state index contributed by atoms with van der Waals surface area (Å²) in [5, 5.41) is 4.32. The molecule has 0 unspecified atom stereocenters. The summed E-state index contributed by atoms with van der Waals surface area (Å²) in [7, 11) is 0. The molecule has 0 saturated carbocycles. The summed E-state index contributed by atoms with van der Waals surface area (Å²) >= 11 is 0. The first kappa shape index (κ1) is 13.3. The molecule has 0 fully saturated rings. The summed E-state index contributed by atoms with van der Waals surface area (Å²) in [6, 6.07) is 18.3. The quantitative estimate of drug-likeness (QED) is 0.582. The fourth-order valence-electron chi connectivity index (χ4n) is 2.51. The molecule has 110 valence electrons. The molecule has 0 aliphatic heterocycles. The molecule has 4 rings (SSSR count). The second-order valence-corrected chi connectivity index (χ2v) is 5.01. The van der Waals surface area contributed by atoms with E-state index in [-0.39, 0.29) is 0 Å². The van der Waals surface area contributed by atoms with Crippen molar-refractivity contribution in [2.75, 3.05) is 0 Å². The van der Waals surface area contributed by atoms with Gasteiger partial charge in [0.1, 0.15) is 12.7 Å². The summed E-state index contributed by atoms with van der Waals surface area (Å²) in [5.41, 5.74) is 4.10. The maximum Gasteiger partial charge on any atom is 0.164 e. The third kappa shape index (κ3) is 2.60. The molecule has 0 radical (unpaired) electrons. The molecule has 2 heterocycles. The monoisotopic (exact) mass is 299 g/mol. The van der Waals surface area contributed by atoms with Crippen LogP contribution in [0.2, 0.25) is 0 Å². The van der Waals surface area contributed by atoms with Crippen molar-refractivity contribution in [3.05, 3.63) is 79.6 Å². The van der Waals surface area contributed by atoms with Crippen LogP contribution in [0.15, 0.2) is 79.6 Å². The van der Waals surface area contributed by atoms with Crippen LogP contribution in [0, 0.1) is 0 Å². The molecule has 0 N–H and O–H groups in total. The van der Waals surface area contributed by atoms with Crippen LogP contribution in [0.1, 0.15) is 0 Å². The molecular weight excluding hydrogens is 286 g/mol. The number of rotatable bonds is 3. The van der Waals surface area contributed by atoms with Gasteiger partial charge in [-0.3, -0.25) is 0 Å². The first-order valence-electron chi connectivity index (χ1n) is 7.24. The molecule has 0 spiro atoms. The molecule has 4 aromatic rings. The van der Waals surface area contributed by atoms with E-state index in [0.717, 1.165) is 22.4 Å². The van der Waals surface area contributed by atoms with E-state index in [0.29, 0.717) is 5.82 Å². The molecule has 0 amide bonds. The van der Waals surface area contributed by atoms with Crippen LogP contribution in [0.4, 0.5) is 0 Å². The van der Waals surface area contributed by atoms with Crippen molar-refractivity contribution >= 4 is 0 Å². The lowest BCUT2D eigenvalue weighted by Crippen LogP contribution is -2.00. The van der Waals surface area contributed by atoms with Crippen molar-refractivity contribution in [3.8, 4) is 28.2 Å². The van der Waals surface area contributed by atoms with E-state index in [1.54, 1.807) is 6.20 Å². The average molecular weight is 299 g/mol. The number of benzene rings is 2. The van der Waals surface area contributed by atoms with E-state index in [2.05, 4.69) is 44.3 Å². The Morgan fingerprint density at radius 1 is 0.783 bits per heavy atom. The first-order chi connectivity index (χ1) is 11.4. The van der Waals surface area contributed by atoms with Gasteiger partial charge in [-0.25, -0.2) is 19.6 Å². The second kappa shape index (κ2) is 5.81. The largest absolute Gasteiger partial charge is 0.240 e. The summed E-state index contributed by atoms with van der Waals surface area (Å²) in [6.45, 7) is 0. The minimum Gasteiger partial charge on any atom is -0.240 e. The van der Waals surface area contributed by atoms with Gasteiger partial charge < -0.3 is 0 Å². The normalized spacial score (nSPS) is 10.6. The predicted octanol–water partition coefficient (Wildman–Crippen LogP) is 3.39. The molecule has 0 aliphatic carbocycles. The van der Waals surface area contributed by atoms with Crippen molar-refractivity contribution < 1.29 is 0 Å². The van der Waals surface area contributed by atoms with Gasteiger partial charge in [0.2, 0.25) is 0 Å². The first-order valence-corrected chi connectivity index (χ1v) is 7.24. The minimum absolute atomic E-state index is 0.628. The van der Waals surface area contributed by atoms with Crippen molar-refractivity contribution in [3.63, 3.8) is 0 Å². The topological polar surface area (TPSA) is 56.5 Å². The Bertz CT molecular complexity index is 903. The molecule has 0 atom stereocenters. The zero-order valence-electron chi connectivity index (χ0n) is 12.2. The molecule has 23 heavy (non-hydrogen) atoms. The standard InChI is InChI=1S/C18H13N5/c1-2-5-14(6-3-1)15-7-8-17(23-10-4-9-22-23)16(11-15)18-20-12-19-13-21-18/h1-13H. The SMILES string of the molecule is c1ccc(-c2ccc(-n3cccn3)c(-c3ncncn3)c2)cc1. The van der Waals surface area contributed by atoms with E-state index in [1.807, 2.05) is 41.2 Å². The summed E-state index contributed by atoms with van der Waals surface area (Å²) in [4.78, 5) is 12.5. The van der Waals surface area contributed by atoms with Crippen LogP contribution in [-0.4, -0.2) is 24.7 Å². The van der Waals surface area contributed by atoms with Gasteiger partial charge in [-0.2, -0.15) is 5.10 Å².